The largest absolute Gasteiger partial charge is 0.463 e. The van der Waals surface area contributed by atoms with Crippen LogP contribution in [0.3, 0.4) is 0 Å². The summed E-state index contributed by atoms with van der Waals surface area (Å²) in [5, 5.41) is 0. The molecular formula is C10H20O3. The third-order valence-corrected chi connectivity index (χ3v) is 1.00. The second-order valence-electron chi connectivity index (χ2n) is 2.37. The molecule has 0 aliphatic rings. The highest BCUT2D eigenvalue weighted by atomic mass is 16.6. The second-order valence-corrected chi connectivity index (χ2v) is 2.37. The summed E-state index contributed by atoms with van der Waals surface area (Å²) in [4.78, 5) is 10.6. The van der Waals surface area contributed by atoms with Crippen LogP contribution in [0.4, 0.5) is 0 Å². The summed E-state index contributed by atoms with van der Waals surface area (Å²) in [5.74, 6) is -0.139. The molecule has 0 aliphatic heterocycles. The predicted octanol–water partition coefficient (Wildman–Crippen LogP) is 2.17. The quantitative estimate of drug-likeness (QED) is 0.377. The molecule has 0 aromatic rings. The molecule has 0 fully saturated rings. The fraction of sp³-hybridized carbons (Fsp3) is 0.700. The Bertz CT molecular complexity index is 121. The van der Waals surface area contributed by atoms with Crippen LogP contribution in [0.1, 0.15) is 26.7 Å². The monoisotopic (exact) mass is 188 g/mol. The summed E-state index contributed by atoms with van der Waals surface area (Å²) in [6.07, 6.45) is 3.09. The van der Waals surface area contributed by atoms with E-state index in [1.165, 1.54) is 0 Å². The molecule has 0 unspecified atom stereocenters. The van der Waals surface area contributed by atoms with Gasteiger partial charge in [0.25, 0.3) is 0 Å². The molecule has 0 aliphatic carbocycles. The molecule has 0 saturated heterocycles. The van der Waals surface area contributed by atoms with E-state index in [0.717, 1.165) is 6.42 Å². The maximum atomic E-state index is 10.6. The topological polar surface area (TPSA) is 35.5 Å². The lowest BCUT2D eigenvalue weighted by atomic mass is 10.3. The van der Waals surface area contributed by atoms with Gasteiger partial charge in [-0.2, -0.15) is 0 Å². The molecular weight excluding hydrogens is 168 g/mol. The number of ether oxygens (including phenoxy) is 2. The molecule has 0 bridgehead atoms. The van der Waals surface area contributed by atoms with Gasteiger partial charge in [-0.3, -0.25) is 4.79 Å². The summed E-state index contributed by atoms with van der Waals surface area (Å²) in [5.41, 5.74) is 0. The number of hydrogen-bond acceptors (Lipinski definition) is 3. The first kappa shape index (κ1) is 14.7. The van der Waals surface area contributed by atoms with Crippen LogP contribution in [0, 0.1) is 0 Å². The second kappa shape index (κ2) is 13.7. The van der Waals surface area contributed by atoms with Crippen LogP contribution in [0.2, 0.25) is 0 Å². The smallest absolute Gasteiger partial charge is 0.305 e. The minimum Gasteiger partial charge on any atom is -0.463 e. The van der Waals surface area contributed by atoms with Gasteiger partial charge < -0.3 is 9.47 Å². The zero-order chi connectivity index (χ0) is 10.5. The molecule has 0 N–H and O–H groups in total. The molecule has 0 spiro atoms. The van der Waals surface area contributed by atoms with Gasteiger partial charge in [0, 0.05) is 13.5 Å². The standard InChI is InChI=1S/C7H14O3.C3H6/c1-3-4-7(8)10-6-5-9-2;1-3-2/h3-6H2,1-2H3;3H,1H2,2H3. The average molecular weight is 188 g/mol. The first-order chi connectivity index (χ1) is 6.22. The fourth-order valence-electron chi connectivity index (χ4n) is 0.515. The highest BCUT2D eigenvalue weighted by Crippen LogP contribution is 1.90. The van der Waals surface area contributed by atoms with Crippen LogP contribution in [0.5, 0.6) is 0 Å². The first-order valence-corrected chi connectivity index (χ1v) is 4.44. The van der Waals surface area contributed by atoms with Gasteiger partial charge in [-0.05, 0) is 13.3 Å². The van der Waals surface area contributed by atoms with E-state index in [1.807, 2.05) is 13.8 Å². The van der Waals surface area contributed by atoms with Crippen LogP contribution in [-0.4, -0.2) is 26.3 Å². The van der Waals surface area contributed by atoms with Gasteiger partial charge in [0.05, 0.1) is 6.61 Å². The van der Waals surface area contributed by atoms with Gasteiger partial charge in [-0.1, -0.05) is 13.0 Å². The van der Waals surface area contributed by atoms with Gasteiger partial charge in [0.1, 0.15) is 6.61 Å². The van der Waals surface area contributed by atoms with Crippen molar-refractivity contribution in [2.45, 2.75) is 26.7 Å². The van der Waals surface area contributed by atoms with Crippen LogP contribution in [0.25, 0.3) is 0 Å². The number of rotatable bonds is 5. The highest BCUT2D eigenvalue weighted by molar-refractivity contribution is 5.69. The molecule has 3 heteroatoms. The van der Waals surface area contributed by atoms with Crippen molar-refractivity contribution in [1.29, 1.82) is 0 Å². The summed E-state index contributed by atoms with van der Waals surface area (Å²) in [6.45, 7) is 8.04. The van der Waals surface area contributed by atoms with Gasteiger partial charge in [0.15, 0.2) is 0 Å². The Kier molecular flexibility index (Phi) is 15.5. The maximum Gasteiger partial charge on any atom is 0.305 e. The van der Waals surface area contributed by atoms with E-state index >= 15 is 0 Å². The molecule has 0 saturated carbocycles. The zero-order valence-corrected chi connectivity index (χ0v) is 8.84. The fourth-order valence-corrected chi connectivity index (χ4v) is 0.515. The third-order valence-electron chi connectivity index (χ3n) is 1.00. The van der Waals surface area contributed by atoms with Gasteiger partial charge in [0.2, 0.25) is 0 Å². The Balaban J connectivity index is 0. The van der Waals surface area contributed by atoms with Crippen LogP contribution in [0.15, 0.2) is 12.7 Å². The molecule has 0 atom stereocenters. The normalized spacial score (nSPS) is 8.23. The van der Waals surface area contributed by atoms with Crippen molar-refractivity contribution in [3.05, 3.63) is 12.7 Å². The number of methoxy groups -OCH3 is 1. The molecule has 0 aromatic heterocycles. The van der Waals surface area contributed by atoms with E-state index in [9.17, 15) is 4.79 Å². The van der Waals surface area contributed by atoms with E-state index in [-0.39, 0.29) is 5.97 Å². The van der Waals surface area contributed by atoms with Crippen molar-refractivity contribution in [2.75, 3.05) is 20.3 Å². The van der Waals surface area contributed by atoms with Gasteiger partial charge in [-0.15, -0.1) is 6.58 Å². The lowest BCUT2D eigenvalue weighted by Crippen LogP contribution is -2.08. The summed E-state index contributed by atoms with van der Waals surface area (Å²) in [6, 6.07) is 0. The Labute approximate surface area is 80.7 Å². The summed E-state index contributed by atoms with van der Waals surface area (Å²) in [7, 11) is 1.58. The molecule has 0 heterocycles. The summed E-state index contributed by atoms with van der Waals surface area (Å²) < 4.78 is 9.45. The lowest BCUT2D eigenvalue weighted by Gasteiger charge is -2.01. The Morgan fingerprint density at radius 1 is 1.46 bits per heavy atom. The highest BCUT2D eigenvalue weighted by Gasteiger charge is 1.98. The van der Waals surface area contributed by atoms with Crippen molar-refractivity contribution in [3.63, 3.8) is 0 Å². The Hall–Kier alpha value is -0.830. The molecule has 78 valence electrons. The summed E-state index contributed by atoms with van der Waals surface area (Å²) >= 11 is 0. The molecule has 0 amide bonds. The van der Waals surface area contributed by atoms with Crippen molar-refractivity contribution in [3.8, 4) is 0 Å². The molecule has 0 rings (SSSR count). The minimum atomic E-state index is -0.139. The van der Waals surface area contributed by atoms with E-state index < -0.39 is 0 Å². The minimum absolute atomic E-state index is 0.139. The maximum absolute atomic E-state index is 10.6. The zero-order valence-electron chi connectivity index (χ0n) is 8.84. The van der Waals surface area contributed by atoms with Crippen LogP contribution in [-0.2, 0) is 14.3 Å². The molecule has 0 radical (unpaired) electrons. The van der Waals surface area contributed by atoms with Crippen molar-refractivity contribution < 1.29 is 14.3 Å². The van der Waals surface area contributed by atoms with E-state index in [2.05, 4.69) is 6.58 Å². The molecule has 0 aromatic carbocycles. The SMILES string of the molecule is C=CC.CCCC(=O)OCCOC. The Morgan fingerprint density at radius 3 is 2.38 bits per heavy atom. The Morgan fingerprint density at radius 2 is 2.00 bits per heavy atom. The predicted molar refractivity (Wildman–Crippen MR) is 53.6 cm³/mol. The number of carbonyl (C=O) groups excluding carboxylic acids is 1. The van der Waals surface area contributed by atoms with Gasteiger partial charge >= 0.3 is 5.97 Å². The number of esters is 1. The van der Waals surface area contributed by atoms with E-state index in [1.54, 1.807) is 13.2 Å². The first-order valence-electron chi connectivity index (χ1n) is 4.44. The van der Waals surface area contributed by atoms with Crippen molar-refractivity contribution >= 4 is 5.97 Å². The molecule has 13 heavy (non-hydrogen) atoms. The average Bonchev–Trinajstić information content (AvgIpc) is 2.07. The number of hydrogen-bond donors (Lipinski definition) is 0. The van der Waals surface area contributed by atoms with Crippen LogP contribution >= 0.6 is 0 Å². The van der Waals surface area contributed by atoms with Crippen molar-refractivity contribution in [1.82, 2.24) is 0 Å². The number of allylic oxidation sites excluding steroid dienone is 1. The van der Waals surface area contributed by atoms with E-state index in [4.69, 9.17) is 9.47 Å². The van der Waals surface area contributed by atoms with Crippen LogP contribution < -0.4 is 0 Å². The lowest BCUT2D eigenvalue weighted by molar-refractivity contribution is -0.144. The van der Waals surface area contributed by atoms with Gasteiger partial charge in [-0.25, -0.2) is 0 Å². The third kappa shape index (κ3) is 18.3. The molecule has 3 nitrogen and oxygen atoms in total. The van der Waals surface area contributed by atoms with Crippen molar-refractivity contribution in [2.24, 2.45) is 0 Å². The number of carbonyl (C=O) groups is 1. The van der Waals surface area contributed by atoms with E-state index in [0.29, 0.717) is 19.6 Å².